The topological polar surface area (TPSA) is 53.4 Å². The van der Waals surface area contributed by atoms with Crippen LogP contribution in [0.15, 0.2) is 18.3 Å². The van der Waals surface area contributed by atoms with E-state index in [1.165, 1.54) is 12.0 Å². The molecule has 0 atom stereocenters. The first kappa shape index (κ1) is 17.4. The molecule has 1 saturated carbocycles. The molecule has 4 heteroatoms. The summed E-state index contributed by atoms with van der Waals surface area (Å²) < 4.78 is 0. The summed E-state index contributed by atoms with van der Waals surface area (Å²) >= 11 is 0. The van der Waals surface area contributed by atoms with Crippen molar-refractivity contribution in [2.75, 3.05) is 13.1 Å². The molecule has 1 aromatic heterocycles. The van der Waals surface area contributed by atoms with Crippen LogP contribution in [0, 0.1) is 12.8 Å². The number of likely N-dealkylation sites (tertiary alicyclic amines) is 1. The minimum Gasteiger partial charge on any atom is -0.389 e. The van der Waals surface area contributed by atoms with Crippen molar-refractivity contribution in [2.24, 2.45) is 5.92 Å². The number of aryl methyl sites for hydroxylation is 1. The zero-order chi connectivity index (χ0) is 17.0. The molecule has 1 aliphatic carbocycles. The lowest BCUT2D eigenvalue weighted by Crippen LogP contribution is -2.44. The Morgan fingerprint density at radius 2 is 2.00 bits per heavy atom. The molecular weight excluding hydrogens is 300 g/mol. The monoisotopic (exact) mass is 330 g/mol. The third-order valence-electron chi connectivity index (χ3n) is 5.72. The zero-order valence-electron chi connectivity index (χ0n) is 14.8. The summed E-state index contributed by atoms with van der Waals surface area (Å²) in [6.45, 7) is 3.70. The van der Waals surface area contributed by atoms with Crippen molar-refractivity contribution >= 4 is 5.91 Å². The van der Waals surface area contributed by atoms with Crippen LogP contribution in [-0.2, 0) is 11.2 Å². The number of hydrogen-bond donors (Lipinski definition) is 1. The normalized spacial score (nSPS) is 21.7. The maximum absolute atomic E-state index is 12.5. The molecule has 2 heterocycles. The van der Waals surface area contributed by atoms with Gasteiger partial charge >= 0.3 is 0 Å². The number of aromatic nitrogens is 1. The highest BCUT2D eigenvalue weighted by Gasteiger charge is 2.34. The van der Waals surface area contributed by atoms with Crippen LogP contribution in [0.2, 0.25) is 0 Å². The number of hydrogen-bond acceptors (Lipinski definition) is 3. The molecular formula is C20H30N2O2. The lowest BCUT2D eigenvalue weighted by molar-refractivity contribution is -0.139. The highest BCUT2D eigenvalue weighted by atomic mass is 16.3. The van der Waals surface area contributed by atoms with Gasteiger partial charge in [0.2, 0.25) is 5.91 Å². The Morgan fingerprint density at radius 1 is 1.29 bits per heavy atom. The second-order valence-electron chi connectivity index (χ2n) is 7.80. The number of amides is 1. The number of aliphatic hydroxyl groups is 1. The smallest absolute Gasteiger partial charge is 0.225 e. The molecule has 3 rings (SSSR count). The van der Waals surface area contributed by atoms with Gasteiger partial charge in [0, 0.05) is 25.0 Å². The molecule has 2 aliphatic rings. The molecule has 0 aromatic carbocycles. The van der Waals surface area contributed by atoms with Crippen LogP contribution in [-0.4, -0.2) is 39.6 Å². The van der Waals surface area contributed by atoms with Gasteiger partial charge in [-0.2, -0.15) is 0 Å². The van der Waals surface area contributed by atoms with Crippen molar-refractivity contribution in [1.82, 2.24) is 9.88 Å². The van der Waals surface area contributed by atoms with Gasteiger partial charge in [-0.1, -0.05) is 19.3 Å². The number of carbonyl (C=O) groups excluding carboxylic acids is 1. The molecule has 24 heavy (non-hydrogen) atoms. The Labute approximate surface area is 145 Å². The third-order valence-corrected chi connectivity index (χ3v) is 5.72. The van der Waals surface area contributed by atoms with Crippen molar-refractivity contribution in [3.05, 3.63) is 29.6 Å². The molecule has 1 N–H and O–H groups in total. The molecule has 2 fully saturated rings. The number of piperidine rings is 1. The van der Waals surface area contributed by atoms with Crippen molar-refractivity contribution in [3.8, 4) is 0 Å². The molecule has 0 radical (unpaired) electrons. The first-order chi connectivity index (χ1) is 11.5. The van der Waals surface area contributed by atoms with Gasteiger partial charge < -0.3 is 10.0 Å². The van der Waals surface area contributed by atoms with Gasteiger partial charge in [0.05, 0.1) is 12.0 Å². The summed E-state index contributed by atoms with van der Waals surface area (Å²) in [6.07, 6.45) is 10.3. The number of pyridine rings is 1. The largest absolute Gasteiger partial charge is 0.389 e. The van der Waals surface area contributed by atoms with E-state index in [0.717, 1.165) is 63.7 Å². The van der Waals surface area contributed by atoms with E-state index in [2.05, 4.69) is 17.1 Å². The minimum atomic E-state index is -0.735. The predicted octanol–water partition coefficient (Wildman–Crippen LogP) is 3.26. The highest BCUT2D eigenvalue weighted by molar-refractivity contribution is 5.77. The lowest BCUT2D eigenvalue weighted by atomic mass is 9.82. The van der Waals surface area contributed by atoms with Crippen LogP contribution in [0.1, 0.15) is 62.6 Å². The fraction of sp³-hybridized carbons (Fsp3) is 0.700. The van der Waals surface area contributed by atoms with E-state index in [9.17, 15) is 9.90 Å². The quantitative estimate of drug-likeness (QED) is 0.922. The van der Waals surface area contributed by atoms with Crippen LogP contribution in [0.25, 0.3) is 0 Å². The van der Waals surface area contributed by atoms with Gasteiger partial charge in [-0.15, -0.1) is 0 Å². The predicted molar refractivity (Wildman–Crippen MR) is 94.6 cm³/mol. The lowest BCUT2D eigenvalue weighted by Gasteiger charge is -2.36. The molecule has 1 saturated heterocycles. The molecule has 132 valence electrons. The van der Waals surface area contributed by atoms with Gasteiger partial charge in [0.15, 0.2) is 0 Å². The minimum absolute atomic E-state index is 0.151. The first-order valence-electron chi connectivity index (χ1n) is 9.46. The first-order valence-corrected chi connectivity index (χ1v) is 9.46. The van der Waals surface area contributed by atoms with Crippen molar-refractivity contribution in [2.45, 2.75) is 70.3 Å². The Bertz CT molecular complexity index is 559. The second kappa shape index (κ2) is 7.64. The Morgan fingerprint density at radius 3 is 2.67 bits per heavy atom. The second-order valence-corrected chi connectivity index (χ2v) is 7.80. The zero-order valence-corrected chi connectivity index (χ0v) is 14.8. The number of carbonyl (C=O) groups is 1. The van der Waals surface area contributed by atoms with E-state index in [0.29, 0.717) is 12.3 Å². The summed E-state index contributed by atoms with van der Waals surface area (Å²) in [4.78, 5) is 18.8. The molecule has 0 unspecified atom stereocenters. The summed E-state index contributed by atoms with van der Waals surface area (Å²) in [7, 11) is 0. The summed E-state index contributed by atoms with van der Waals surface area (Å²) in [5.41, 5.74) is 1.69. The Balaban J connectivity index is 1.47. The average molecular weight is 330 g/mol. The van der Waals surface area contributed by atoms with Gasteiger partial charge in [-0.3, -0.25) is 9.78 Å². The maximum atomic E-state index is 12.5. The van der Waals surface area contributed by atoms with Crippen molar-refractivity contribution in [1.29, 1.82) is 0 Å². The van der Waals surface area contributed by atoms with Gasteiger partial charge in [-0.05, 0) is 62.6 Å². The fourth-order valence-electron chi connectivity index (χ4n) is 4.23. The van der Waals surface area contributed by atoms with Crippen molar-refractivity contribution in [3.63, 3.8) is 0 Å². The Hall–Kier alpha value is -1.42. The van der Waals surface area contributed by atoms with E-state index in [1.54, 1.807) is 0 Å². The molecule has 1 aromatic rings. The SMILES string of the molecule is Cc1cc(CC2CCN(C(=O)CC3(O)CCCCC3)CC2)ccn1. The molecule has 1 amide bonds. The van der Waals surface area contributed by atoms with Gasteiger partial charge in [-0.25, -0.2) is 0 Å². The van der Waals surface area contributed by atoms with E-state index in [-0.39, 0.29) is 5.91 Å². The van der Waals surface area contributed by atoms with Gasteiger partial charge in [0.25, 0.3) is 0 Å². The molecule has 0 spiro atoms. The molecule has 1 aliphatic heterocycles. The summed E-state index contributed by atoms with van der Waals surface area (Å²) in [6, 6.07) is 4.26. The van der Waals surface area contributed by atoms with Crippen LogP contribution < -0.4 is 0 Å². The number of rotatable bonds is 4. The highest BCUT2D eigenvalue weighted by Crippen LogP contribution is 2.32. The van der Waals surface area contributed by atoms with Crippen LogP contribution in [0.3, 0.4) is 0 Å². The van der Waals surface area contributed by atoms with E-state index >= 15 is 0 Å². The Kier molecular flexibility index (Phi) is 5.54. The maximum Gasteiger partial charge on any atom is 0.225 e. The van der Waals surface area contributed by atoms with Crippen molar-refractivity contribution < 1.29 is 9.90 Å². The van der Waals surface area contributed by atoms with Crippen LogP contribution in [0.5, 0.6) is 0 Å². The van der Waals surface area contributed by atoms with E-state index in [1.807, 2.05) is 18.0 Å². The van der Waals surface area contributed by atoms with Gasteiger partial charge in [0.1, 0.15) is 0 Å². The van der Waals surface area contributed by atoms with Crippen LogP contribution in [0.4, 0.5) is 0 Å². The van der Waals surface area contributed by atoms with E-state index < -0.39 is 5.60 Å². The molecule has 0 bridgehead atoms. The van der Waals surface area contributed by atoms with E-state index in [4.69, 9.17) is 0 Å². The summed E-state index contributed by atoms with van der Waals surface area (Å²) in [5.74, 6) is 0.797. The number of nitrogens with zero attached hydrogens (tertiary/aromatic N) is 2. The van der Waals surface area contributed by atoms with Crippen LogP contribution >= 0.6 is 0 Å². The fourth-order valence-corrected chi connectivity index (χ4v) is 4.23. The summed E-state index contributed by atoms with van der Waals surface area (Å²) in [5, 5.41) is 10.6. The third kappa shape index (κ3) is 4.56. The average Bonchev–Trinajstić information content (AvgIpc) is 2.56. The standard InChI is InChI=1S/C20H30N2O2/c1-16-13-18(5-10-21-16)14-17-6-11-22(12-7-17)19(23)15-20(24)8-3-2-4-9-20/h5,10,13,17,24H,2-4,6-9,11-12,14-15H2,1H3. The molecule has 4 nitrogen and oxygen atoms in total.